The van der Waals surface area contributed by atoms with Gasteiger partial charge in [-0.2, -0.15) is 0 Å². The molecule has 5 nitrogen and oxygen atoms in total. The van der Waals surface area contributed by atoms with Gasteiger partial charge in [0, 0.05) is 5.56 Å². The molecule has 2 aromatic carbocycles. The quantitative estimate of drug-likeness (QED) is 0.806. The Morgan fingerprint density at radius 2 is 1.73 bits per heavy atom. The minimum atomic E-state index is -1.21. The fourth-order valence-corrected chi connectivity index (χ4v) is 2.05. The first-order valence-electron chi connectivity index (χ1n) is 6.58. The van der Waals surface area contributed by atoms with Crippen molar-refractivity contribution in [3.05, 3.63) is 65.7 Å². The summed E-state index contributed by atoms with van der Waals surface area (Å²) in [5, 5.41) is 13.1. The number of nitrogens with zero attached hydrogens (tertiary/aromatic N) is 3. The summed E-state index contributed by atoms with van der Waals surface area (Å²) >= 11 is 0. The predicted molar refractivity (Wildman–Crippen MR) is 78.4 cm³/mol. The number of halogens is 1. The van der Waals surface area contributed by atoms with Gasteiger partial charge in [-0.25, -0.2) is 18.9 Å². The molecule has 0 fully saturated rings. The summed E-state index contributed by atoms with van der Waals surface area (Å²) in [6.45, 7) is 1.96. The van der Waals surface area contributed by atoms with Gasteiger partial charge in [-0.1, -0.05) is 29.8 Å². The molecule has 0 radical (unpaired) electrons. The van der Waals surface area contributed by atoms with Crippen LogP contribution >= 0.6 is 0 Å². The van der Waals surface area contributed by atoms with Crippen molar-refractivity contribution >= 4 is 5.97 Å². The van der Waals surface area contributed by atoms with Crippen molar-refractivity contribution in [1.82, 2.24) is 14.8 Å². The zero-order valence-corrected chi connectivity index (χ0v) is 11.7. The molecule has 110 valence electrons. The summed E-state index contributed by atoms with van der Waals surface area (Å²) in [5.74, 6) is -1.50. The average Bonchev–Trinajstić information content (AvgIpc) is 2.94. The van der Waals surface area contributed by atoms with E-state index in [-0.39, 0.29) is 11.6 Å². The van der Waals surface area contributed by atoms with Crippen LogP contribution in [0.1, 0.15) is 16.2 Å². The number of rotatable bonds is 3. The molecular formula is C16H12FN3O2. The van der Waals surface area contributed by atoms with Crippen molar-refractivity contribution in [2.75, 3.05) is 0 Å². The molecule has 0 saturated heterocycles. The Bertz CT molecular complexity index is 761. The van der Waals surface area contributed by atoms with Gasteiger partial charge in [0.2, 0.25) is 0 Å². The van der Waals surface area contributed by atoms with Crippen LogP contribution in [0.4, 0.5) is 4.39 Å². The number of carbonyl (C=O) groups is 1. The van der Waals surface area contributed by atoms with Crippen LogP contribution < -0.4 is 0 Å². The maximum absolute atomic E-state index is 13.1. The lowest BCUT2D eigenvalue weighted by Gasteiger charge is -2.06. The second-order valence-electron chi connectivity index (χ2n) is 4.82. The lowest BCUT2D eigenvalue weighted by Crippen LogP contribution is -2.02. The lowest BCUT2D eigenvalue weighted by molar-refractivity contribution is 0.0683. The Labute approximate surface area is 125 Å². The third kappa shape index (κ3) is 2.58. The fraction of sp³-hybridized carbons (Fsp3) is 0.0625. The molecule has 1 aromatic heterocycles. The van der Waals surface area contributed by atoms with Crippen molar-refractivity contribution in [2.24, 2.45) is 0 Å². The van der Waals surface area contributed by atoms with E-state index in [1.165, 1.54) is 28.9 Å². The Kier molecular flexibility index (Phi) is 3.42. The SMILES string of the molecule is Cc1ccc(-c2nc(C(=O)O)nn2-c2ccc(F)cc2)cc1. The third-order valence-electron chi connectivity index (χ3n) is 3.18. The van der Waals surface area contributed by atoms with Crippen LogP contribution in [0.15, 0.2) is 48.5 Å². The average molecular weight is 297 g/mol. The molecule has 3 rings (SSSR count). The normalized spacial score (nSPS) is 10.6. The molecule has 0 unspecified atom stereocenters. The van der Waals surface area contributed by atoms with Crippen LogP contribution in [0.3, 0.4) is 0 Å². The van der Waals surface area contributed by atoms with Gasteiger partial charge in [-0.15, -0.1) is 5.10 Å². The second kappa shape index (κ2) is 5.40. The van der Waals surface area contributed by atoms with Gasteiger partial charge < -0.3 is 5.11 Å². The lowest BCUT2D eigenvalue weighted by atomic mass is 10.1. The highest BCUT2D eigenvalue weighted by Gasteiger charge is 2.17. The van der Waals surface area contributed by atoms with Gasteiger partial charge >= 0.3 is 5.97 Å². The van der Waals surface area contributed by atoms with Crippen LogP contribution in [-0.4, -0.2) is 25.8 Å². The molecule has 0 spiro atoms. The van der Waals surface area contributed by atoms with Gasteiger partial charge in [-0.05, 0) is 31.2 Å². The van der Waals surface area contributed by atoms with Crippen molar-refractivity contribution < 1.29 is 14.3 Å². The van der Waals surface area contributed by atoms with Crippen molar-refractivity contribution in [3.63, 3.8) is 0 Å². The summed E-state index contributed by atoms with van der Waals surface area (Å²) in [4.78, 5) is 15.2. The maximum Gasteiger partial charge on any atom is 0.375 e. The van der Waals surface area contributed by atoms with Gasteiger partial charge in [0.1, 0.15) is 5.82 Å². The van der Waals surface area contributed by atoms with Gasteiger partial charge in [0.25, 0.3) is 5.82 Å². The van der Waals surface area contributed by atoms with E-state index in [0.717, 1.165) is 11.1 Å². The number of aryl methyl sites for hydroxylation is 1. The number of aromatic nitrogens is 3. The van der Waals surface area contributed by atoms with E-state index in [9.17, 15) is 9.18 Å². The zero-order valence-electron chi connectivity index (χ0n) is 11.7. The van der Waals surface area contributed by atoms with Gasteiger partial charge in [-0.3, -0.25) is 0 Å². The highest BCUT2D eigenvalue weighted by atomic mass is 19.1. The molecular weight excluding hydrogens is 285 g/mol. The Hall–Kier alpha value is -3.02. The minimum absolute atomic E-state index is 0.306. The smallest absolute Gasteiger partial charge is 0.375 e. The monoisotopic (exact) mass is 297 g/mol. The van der Waals surface area contributed by atoms with Crippen molar-refractivity contribution in [1.29, 1.82) is 0 Å². The largest absolute Gasteiger partial charge is 0.475 e. The van der Waals surface area contributed by atoms with Crippen LogP contribution in [-0.2, 0) is 0 Å². The van der Waals surface area contributed by atoms with E-state index in [2.05, 4.69) is 10.1 Å². The third-order valence-corrected chi connectivity index (χ3v) is 3.18. The molecule has 0 amide bonds. The first-order chi connectivity index (χ1) is 10.5. The number of carboxylic acid groups (broad SMARTS) is 1. The summed E-state index contributed by atoms with van der Waals surface area (Å²) in [7, 11) is 0. The first-order valence-corrected chi connectivity index (χ1v) is 6.58. The van der Waals surface area contributed by atoms with Gasteiger partial charge in [0.15, 0.2) is 5.82 Å². The molecule has 22 heavy (non-hydrogen) atoms. The molecule has 0 atom stereocenters. The Morgan fingerprint density at radius 1 is 1.09 bits per heavy atom. The Balaban J connectivity index is 2.17. The van der Waals surface area contributed by atoms with E-state index >= 15 is 0 Å². The molecule has 0 aliphatic heterocycles. The summed E-state index contributed by atoms with van der Waals surface area (Å²) in [6, 6.07) is 13.1. The van der Waals surface area contributed by atoms with Crippen LogP contribution in [0, 0.1) is 12.7 Å². The van der Waals surface area contributed by atoms with Crippen LogP contribution in [0.25, 0.3) is 17.1 Å². The maximum atomic E-state index is 13.1. The van der Waals surface area contributed by atoms with E-state index in [1.54, 1.807) is 0 Å². The van der Waals surface area contributed by atoms with Gasteiger partial charge in [0.05, 0.1) is 5.69 Å². The highest BCUT2D eigenvalue weighted by molar-refractivity contribution is 5.84. The number of benzene rings is 2. The van der Waals surface area contributed by atoms with Crippen molar-refractivity contribution in [2.45, 2.75) is 6.92 Å². The van der Waals surface area contributed by atoms with Crippen LogP contribution in [0.2, 0.25) is 0 Å². The van der Waals surface area contributed by atoms with E-state index in [4.69, 9.17) is 5.11 Å². The first kappa shape index (κ1) is 13.9. The summed E-state index contributed by atoms with van der Waals surface area (Å²) < 4.78 is 14.5. The molecule has 0 aliphatic rings. The highest BCUT2D eigenvalue weighted by Crippen LogP contribution is 2.22. The minimum Gasteiger partial charge on any atom is -0.475 e. The standard InChI is InChI=1S/C16H12FN3O2/c1-10-2-4-11(5-3-10)15-18-14(16(21)22)19-20(15)13-8-6-12(17)7-9-13/h2-9H,1H3,(H,21,22). The van der Waals surface area contributed by atoms with Crippen LogP contribution in [0.5, 0.6) is 0 Å². The summed E-state index contributed by atoms with van der Waals surface area (Å²) in [5.41, 5.74) is 2.35. The molecule has 1 heterocycles. The van der Waals surface area contributed by atoms with E-state index < -0.39 is 5.97 Å². The molecule has 6 heteroatoms. The number of aromatic carboxylic acids is 1. The summed E-state index contributed by atoms with van der Waals surface area (Å²) in [6.07, 6.45) is 0. The van der Waals surface area contributed by atoms with E-state index in [1.807, 2.05) is 31.2 Å². The predicted octanol–water partition coefficient (Wildman–Crippen LogP) is 3.08. The molecule has 0 saturated carbocycles. The molecule has 0 bridgehead atoms. The number of carboxylic acids is 1. The molecule has 0 aliphatic carbocycles. The number of hydrogen-bond acceptors (Lipinski definition) is 3. The zero-order chi connectivity index (χ0) is 15.7. The fourth-order valence-electron chi connectivity index (χ4n) is 2.05. The molecule has 1 N–H and O–H groups in total. The topological polar surface area (TPSA) is 68.0 Å². The van der Waals surface area contributed by atoms with E-state index in [0.29, 0.717) is 11.5 Å². The molecule has 3 aromatic rings. The Morgan fingerprint density at radius 3 is 2.32 bits per heavy atom. The number of hydrogen-bond donors (Lipinski definition) is 1. The second-order valence-corrected chi connectivity index (χ2v) is 4.82. The van der Waals surface area contributed by atoms with Crippen molar-refractivity contribution in [3.8, 4) is 17.1 Å².